The molecule has 0 radical (unpaired) electrons. The number of amides is 1. The number of carbonyl (C=O) groups is 1. The third kappa shape index (κ3) is 3.21. The Balaban J connectivity index is 2.05. The molecule has 1 aliphatic rings. The van der Waals surface area contributed by atoms with Gasteiger partial charge in [-0.15, -0.1) is 0 Å². The summed E-state index contributed by atoms with van der Waals surface area (Å²) in [7, 11) is 0. The van der Waals surface area contributed by atoms with Gasteiger partial charge in [0.05, 0.1) is 15.7 Å². The minimum absolute atomic E-state index is 0.144. The number of benzene rings is 1. The maximum atomic E-state index is 12.2. The molecule has 0 unspecified atom stereocenters. The SMILES string of the molecule is CCC1(CNC(=O)c2cc(N)c(Cl)c(Cl)c2)CCCC1. The molecule has 1 aliphatic carbocycles. The number of hydrogen-bond acceptors (Lipinski definition) is 2. The Bertz CT molecular complexity index is 488. The quantitative estimate of drug-likeness (QED) is 0.815. The Hall–Kier alpha value is -0.930. The highest BCUT2D eigenvalue weighted by molar-refractivity contribution is 6.43. The monoisotopic (exact) mass is 314 g/mol. The fourth-order valence-electron chi connectivity index (χ4n) is 2.89. The number of nitrogen functional groups attached to an aromatic ring is 1. The van der Waals surface area contributed by atoms with Gasteiger partial charge in [-0.25, -0.2) is 0 Å². The highest BCUT2D eigenvalue weighted by Gasteiger charge is 2.32. The molecule has 1 aromatic carbocycles. The smallest absolute Gasteiger partial charge is 0.251 e. The molecule has 0 heterocycles. The molecule has 0 saturated heterocycles. The highest BCUT2D eigenvalue weighted by Crippen LogP contribution is 2.40. The average Bonchev–Trinajstić information content (AvgIpc) is 2.91. The van der Waals surface area contributed by atoms with E-state index in [0.717, 1.165) is 6.42 Å². The van der Waals surface area contributed by atoms with Crippen molar-refractivity contribution in [2.75, 3.05) is 12.3 Å². The summed E-state index contributed by atoms with van der Waals surface area (Å²) in [6, 6.07) is 3.12. The Morgan fingerprint density at radius 2 is 2.00 bits per heavy atom. The first-order valence-corrected chi connectivity index (χ1v) is 7.76. The lowest BCUT2D eigenvalue weighted by Crippen LogP contribution is -2.35. The van der Waals surface area contributed by atoms with Crippen LogP contribution in [0.3, 0.4) is 0 Å². The van der Waals surface area contributed by atoms with E-state index in [1.807, 2.05) is 0 Å². The molecule has 0 atom stereocenters. The van der Waals surface area contributed by atoms with Crippen LogP contribution in [0.5, 0.6) is 0 Å². The fourth-order valence-corrected chi connectivity index (χ4v) is 3.23. The lowest BCUT2D eigenvalue weighted by atomic mass is 9.83. The normalized spacial score (nSPS) is 17.1. The van der Waals surface area contributed by atoms with E-state index in [1.54, 1.807) is 12.1 Å². The summed E-state index contributed by atoms with van der Waals surface area (Å²) in [4.78, 5) is 12.2. The van der Waals surface area contributed by atoms with E-state index in [0.29, 0.717) is 27.8 Å². The van der Waals surface area contributed by atoms with Crippen LogP contribution in [0.25, 0.3) is 0 Å². The number of nitrogens with two attached hydrogens (primary N) is 1. The van der Waals surface area contributed by atoms with Crippen molar-refractivity contribution in [2.45, 2.75) is 39.0 Å². The van der Waals surface area contributed by atoms with Gasteiger partial charge in [-0.05, 0) is 36.8 Å². The molecule has 3 nitrogen and oxygen atoms in total. The van der Waals surface area contributed by atoms with Gasteiger partial charge >= 0.3 is 0 Å². The molecule has 20 heavy (non-hydrogen) atoms. The minimum atomic E-state index is -0.144. The van der Waals surface area contributed by atoms with Gasteiger partial charge in [-0.3, -0.25) is 4.79 Å². The summed E-state index contributed by atoms with van der Waals surface area (Å²) in [5.41, 5.74) is 6.78. The number of anilines is 1. The zero-order chi connectivity index (χ0) is 14.8. The summed E-state index contributed by atoms with van der Waals surface area (Å²) >= 11 is 11.8. The van der Waals surface area contributed by atoms with Crippen LogP contribution in [0, 0.1) is 5.41 Å². The molecule has 3 N–H and O–H groups in total. The van der Waals surface area contributed by atoms with Gasteiger partial charge in [0.25, 0.3) is 5.91 Å². The van der Waals surface area contributed by atoms with Crippen LogP contribution in [0.2, 0.25) is 10.0 Å². The molecule has 110 valence electrons. The van der Waals surface area contributed by atoms with Crippen LogP contribution >= 0.6 is 23.2 Å². The minimum Gasteiger partial charge on any atom is -0.397 e. The summed E-state index contributed by atoms with van der Waals surface area (Å²) in [5, 5.41) is 3.61. The molecule has 1 saturated carbocycles. The summed E-state index contributed by atoms with van der Waals surface area (Å²) in [6.07, 6.45) is 5.98. The molecular formula is C15H20Cl2N2O. The fraction of sp³-hybridized carbons (Fsp3) is 0.533. The van der Waals surface area contributed by atoms with Crippen molar-refractivity contribution in [3.05, 3.63) is 27.7 Å². The lowest BCUT2D eigenvalue weighted by Gasteiger charge is -2.27. The van der Waals surface area contributed by atoms with Crippen molar-refractivity contribution in [3.8, 4) is 0 Å². The van der Waals surface area contributed by atoms with Crippen molar-refractivity contribution >= 4 is 34.8 Å². The Morgan fingerprint density at radius 3 is 2.55 bits per heavy atom. The number of carbonyl (C=O) groups excluding carboxylic acids is 1. The molecular weight excluding hydrogens is 295 g/mol. The van der Waals surface area contributed by atoms with Gasteiger partial charge in [0, 0.05) is 12.1 Å². The molecule has 2 rings (SSSR count). The van der Waals surface area contributed by atoms with E-state index in [1.165, 1.54) is 25.7 Å². The first kappa shape index (κ1) is 15.5. The van der Waals surface area contributed by atoms with E-state index in [4.69, 9.17) is 28.9 Å². The molecule has 0 aromatic heterocycles. The van der Waals surface area contributed by atoms with Crippen LogP contribution in [0.1, 0.15) is 49.4 Å². The highest BCUT2D eigenvalue weighted by atomic mass is 35.5. The number of rotatable bonds is 4. The number of halogens is 2. The second kappa shape index (κ2) is 6.23. The largest absolute Gasteiger partial charge is 0.397 e. The maximum Gasteiger partial charge on any atom is 0.251 e. The second-order valence-corrected chi connectivity index (χ2v) is 6.39. The lowest BCUT2D eigenvalue weighted by molar-refractivity contribution is 0.0929. The summed E-state index contributed by atoms with van der Waals surface area (Å²) in [6.45, 7) is 2.90. The molecule has 5 heteroatoms. The number of nitrogens with one attached hydrogen (secondary N) is 1. The van der Waals surface area contributed by atoms with E-state index >= 15 is 0 Å². The Morgan fingerprint density at radius 1 is 1.35 bits per heavy atom. The van der Waals surface area contributed by atoms with Gasteiger partial charge in [0.15, 0.2) is 0 Å². The van der Waals surface area contributed by atoms with Crippen molar-refractivity contribution in [1.29, 1.82) is 0 Å². The maximum absolute atomic E-state index is 12.2. The predicted octanol–water partition coefficient (Wildman–Crippen LogP) is 4.28. The van der Waals surface area contributed by atoms with Crippen LogP contribution in [0.4, 0.5) is 5.69 Å². The summed E-state index contributed by atoms with van der Waals surface area (Å²) in [5.74, 6) is -0.144. The first-order chi connectivity index (χ1) is 9.47. The van der Waals surface area contributed by atoms with Crippen molar-refractivity contribution in [3.63, 3.8) is 0 Å². The van der Waals surface area contributed by atoms with Crippen LogP contribution in [0.15, 0.2) is 12.1 Å². The molecule has 1 aromatic rings. The first-order valence-electron chi connectivity index (χ1n) is 7.00. The van der Waals surface area contributed by atoms with Gasteiger partial charge in [0.1, 0.15) is 0 Å². The van der Waals surface area contributed by atoms with Gasteiger partial charge in [-0.2, -0.15) is 0 Å². The van der Waals surface area contributed by atoms with Crippen LogP contribution in [-0.4, -0.2) is 12.5 Å². The molecule has 1 amide bonds. The van der Waals surface area contributed by atoms with Gasteiger partial charge < -0.3 is 11.1 Å². The predicted molar refractivity (Wildman–Crippen MR) is 84.4 cm³/mol. The van der Waals surface area contributed by atoms with E-state index in [2.05, 4.69) is 12.2 Å². The van der Waals surface area contributed by atoms with Gasteiger partial charge in [-0.1, -0.05) is 43.0 Å². The Kier molecular flexibility index (Phi) is 4.82. The summed E-state index contributed by atoms with van der Waals surface area (Å²) < 4.78 is 0. The van der Waals surface area contributed by atoms with Gasteiger partial charge in [0.2, 0.25) is 0 Å². The number of hydrogen-bond donors (Lipinski definition) is 2. The van der Waals surface area contributed by atoms with Crippen LogP contribution < -0.4 is 11.1 Å². The van der Waals surface area contributed by atoms with E-state index in [-0.39, 0.29) is 11.3 Å². The van der Waals surface area contributed by atoms with E-state index in [9.17, 15) is 4.79 Å². The third-order valence-electron chi connectivity index (χ3n) is 4.36. The average molecular weight is 315 g/mol. The van der Waals surface area contributed by atoms with Crippen molar-refractivity contribution in [1.82, 2.24) is 5.32 Å². The Labute approximate surface area is 129 Å². The zero-order valence-corrected chi connectivity index (χ0v) is 13.2. The third-order valence-corrected chi connectivity index (χ3v) is 5.17. The van der Waals surface area contributed by atoms with Crippen LogP contribution in [-0.2, 0) is 0 Å². The van der Waals surface area contributed by atoms with Crippen molar-refractivity contribution in [2.24, 2.45) is 5.41 Å². The molecule has 0 spiro atoms. The molecule has 1 fully saturated rings. The standard InChI is InChI=1S/C15H20Cl2N2O/c1-2-15(5-3-4-6-15)9-19-14(20)10-7-11(16)13(17)12(18)8-10/h7-8H,2-6,9,18H2,1H3,(H,19,20). The molecule has 0 bridgehead atoms. The second-order valence-electron chi connectivity index (χ2n) is 5.60. The van der Waals surface area contributed by atoms with Crippen molar-refractivity contribution < 1.29 is 4.79 Å². The topological polar surface area (TPSA) is 55.1 Å². The van der Waals surface area contributed by atoms with E-state index < -0.39 is 0 Å². The zero-order valence-electron chi connectivity index (χ0n) is 11.6. The molecule has 0 aliphatic heterocycles.